The van der Waals surface area contributed by atoms with Gasteiger partial charge in [0.15, 0.2) is 0 Å². The Morgan fingerprint density at radius 1 is 1.10 bits per heavy atom. The van der Waals surface area contributed by atoms with Gasteiger partial charge < -0.3 is 9.88 Å². The third-order valence-corrected chi connectivity index (χ3v) is 4.43. The van der Waals surface area contributed by atoms with Gasteiger partial charge in [0.1, 0.15) is 5.82 Å². The van der Waals surface area contributed by atoms with Crippen LogP contribution in [0.25, 0.3) is 11.0 Å². The minimum Gasteiger partial charge on any atom is -0.327 e. The summed E-state index contributed by atoms with van der Waals surface area (Å²) >= 11 is 0. The average Bonchev–Trinajstić information content (AvgIpc) is 2.80. The van der Waals surface area contributed by atoms with Crippen molar-refractivity contribution in [2.75, 3.05) is 6.54 Å². The number of aryl methyl sites for hydroxylation is 1. The molecule has 1 heterocycles. The summed E-state index contributed by atoms with van der Waals surface area (Å²) in [7, 11) is 0. The minimum absolute atomic E-state index is 0.711. The fourth-order valence-corrected chi connectivity index (χ4v) is 3.21. The van der Waals surface area contributed by atoms with Crippen molar-refractivity contribution < 1.29 is 0 Å². The van der Waals surface area contributed by atoms with Crippen LogP contribution in [0.4, 0.5) is 0 Å². The van der Waals surface area contributed by atoms with E-state index in [2.05, 4.69) is 68.8 Å². The van der Waals surface area contributed by atoms with E-state index < -0.39 is 0 Å². The molecule has 21 heavy (non-hydrogen) atoms. The highest BCUT2D eigenvalue weighted by molar-refractivity contribution is 5.75. The molecule has 0 saturated heterocycles. The monoisotopic (exact) mass is 287 g/mol. The second kappa shape index (κ2) is 7.08. The molecule has 1 N–H and O–H groups in total. The molecule has 2 rings (SSSR count). The maximum absolute atomic E-state index is 4.77. The molecule has 0 spiro atoms. The van der Waals surface area contributed by atoms with Crippen molar-refractivity contribution in [2.24, 2.45) is 17.8 Å². The summed E-state index contributed by atoms with van der Waals surface area (Å²) in [4.78, 5) is 4.77. The van der Waals surface area contributed by atoms with E-state index in [9.17, 15) is 0 Å². The maximum Gasteiger partial charge on any atom is 0.123 e. The van der Waals surface area contributed by atoms with Crippen molar-refractivity contribution in [3.63, 3.8) is 0 Å². The lowest BCUT2D eigenvalue weighted by molar-refractivity contribution is 0.274. The van der Waals surface area contributed by atoms with Gasteiger partial charge in [-0.05, 0) is 43.4 Å². The molecule has 0 radical (unpaired) electrons. The van der Waals surface area contributed by atoms with Crippen molar-refractivity contribution in [3.8, 4) is 0 Å². The molecule has 0 atom stereocenters. The quantitative estimate of drug-likeness (QED) is 0.832. The molecule has 0 unspecified atom stereocenters. The summed E-state index contributed by atoms with van der Waals surface area (Å²) in [6, 6.07) is 8.39. The first-order valence-corrected chi connectivity index (χ1v) is 8.19. The molecule has 2 aromatic rings. The lowest BCUT2D eigenvalue weighted by atomic mass is 9.85. The number of benzene rings is 1. The van der Waals surface area contributed by atoms with E-state index >= 15 is 0 Å². The van der Waals surface area contributed by atoms with E-state index in [1.807, 2.05) is 0 Å². The van der Waals surface area contributed by atoms with Crippen LogP contribution in [-0.4, -0.2) is 16.1 Å². The fourth-order valence-electron chi connectivity index (χ4n) is 3.21. The zero-order valence-corrected chi connectivity index (χ0v) is 14.1. The van der Waals surface area contributed by atoms with E-state index in [1.54, 1.807) is 0 Å². The molecule has 0 aliphatic heterocycles. The van der Waals surface area contributed by atoms with Crippen LogP contribution in [-0.2, 0) is 13.1 Å². The van der Waals surface area contributed by atoms with Crippen LogP contribution >= 0.6 is 0 Å². The van der Waals surface area contributed by atoms with Crippen molar-refractivity contribution in [1.82, 2.24) is 14.9 Å². The van der Waals surface area contributed by atoms with Crippen LogP contribution in [0.2, 0.25) is 0 Å². The number of hydrogen-bond acceptors (Lipinski definition) is 2. The number of aromatic nitrogens is 2. The van der Waals surface area contributed by atoms with Crippen molar-refractivity contribution in [2.45, 2.75) is 47.7 Å². The number of hydrogen-bond donors (Lipinski definition) is 1. The molecule has 3 nitrogen and oxygen atoms in total. The van der Waals surface area contributed by atoms with Crippen LogP contribution in [0.3, 0.4) is 0 Å². The van der Waals surface area contributed by atoms with E-state index in [0.29, 0.717) is 17.8 Å². The van der Waals surface area contributed by atoms with Gasteiger partial charge in [-0.1, -0.05) is 39.8 Å². The summed E-state index contributed by atoms with van der Waals surface area (Å²) in [5.74, 6) is 3.28. The zero-order chi connectivity index (χ0) is 15.4. The van der Waals surface area contributed by atoms with Gasteiger partial charge in [0.05, 0.1) is 17.6 Å². The largest absolute Gasteiger partial charge is 0.327 e. The molecular formula is C18H29N3. The SMILES string of the molecule is CCn1c(CNCC(C(C)C)C(C)C)nc2ccccc21. The Labute approximate surface area is 128 Å². The molecule has 0 amide bonds. The van der Waals surface area contributed by atoms with Gasteiger partial charge in [0.25, 0.3) is 0 Å². The van der Waals surface area contributed by atoms with Gasteiger partial charge in [-0.2, -0.15) is 0 Å². The van der Waals surface area contributed by atoms with E-state index in [-0.39, 0.29) is 0 Å². The second-order valence-corrected chi connectivity index (χ2v) is 6.54. The number of nitrogens with zero attached hydrogens (tertiary/aromatic N) is 2. The summed E-state index contributed by atoms with van der Waals surface area (Å²) in [5, 5.41) is 3.62. The normalized spacial score (nSPS) is 12.2. The number of nitrogens with one attached hydrogen (secondary N) is 1. The number of rotatable bonds is 7. The Balaban J connectivity index is 2.06. The first-order chi connectivity index (χ1) is 10.0. The van der Waals surface area contributed by atoms with E-state index in [0.717, 1.165) is 31.0 Å². The fraction of sp³-hybridized carbons (Fsp3) is 0.611. The van der Waals surface area contributed by atoms with Gasteiger partial charge in [0.2, 0.25) is 0 Å². The Kier molecular flexibility index (Phi) is 5.40. The zero-order valence-electron chi connectivity index (χ0n) is 14.1. The summed E-state index contributed by atoms with van der Waals surface area (Å²) in [5.41, 5.74) is 2.33. The van der Waals surface area contributed by atoms with Gasteiger partial charge >= 0.3 is 0 Å². The molecule has 0 saturated carbocycles. The van der Waals surface area contributed by atoms with Gasteiger partial charge in [-0.25, -0.2) is 4.98 Å². The lowest BCUT2D eigenvalue weighted by Gasteiger charge is -2.25. The molecule has 1 aromatic heterocycles. The average molecular weight is 287 g/mol. The Bertz CT molecular complexity index is 561. The molecule has 0 fully saturated rings. The first kappa shape index (κ1) is 16.0. The summed E-state index contributed by atoms with van der Waals surface area (Å²) in [6.45, 7) is 14.3. The molecular weight excluding hydrogens is 258 g/mol. The lowest BCUT2D eigenvalue weighted by Crippen LogP contribution is -2.30. The Morgan fingerprint density at radius 3 is 2.38 bits per heavy atom. The predicted molar refractivity (Wildman–Crippen MR) is 90.3 cm³/mol. The first-order valence-electron chi connectivity index (χ1n) is 8.19. The molecule has 1 aromatic carbocycles. The summed E-state index contributed by atoms with van der Waals surface area (Å²) < 4.78 is 2.31. The predicted octanol–water partition coefficient (Wildman–Crippen LogP) is 4.07. The number of para-hydroxylation sites is 2. The Hall–Kier alpha value is -1.35. The van der Waals surface area contributed by atoms with Crippen LogP contribution in [0, 0.1) is 17.8 Å². The van der Waals surface area contributed by atoms with Crippen LogP contribution in [0.5, 0.6) is 0 Å². The second-order valence-electron chi connectivity index (χ2n) is 6.54. The highest BCUT2D eigenvalue weighted by atomic mass is 15.1. The molecule has 0 aliphatic carbocycles. The van der Waals surface area contributed by atoms with E-state index in [1.165, 1.54) is 5.52 Å². The third-order valence-electron chi connectivity index (χ3n) is 4.43. The highest BCUT2D eigenvalue weighted by Gasteiger charge is 2.17. The van der Waals surface area contributed by atoms with Gasteiger partial charge in [-0.15, -0.1) is 0 Å². The van der Waals surface area contributed by atoms with Crippen molar-refractivity contribution in [1.29, 1.82) is 0 Å². The topological polar surface area (TPSA) is 29.9 Å². The number of imidazole rings is 1. The van der Waals surface area contributed by atoms with E-state index in [4.69, 9.17) is 4.98 Å². The molecule has 0 bridgehead atoms. The summed E-state index contributed by atoms with van der Waals surface area (Å²) in [6.07, 6.45) is 0. The molecule has 116 valence electrons. The third kappa shape index (κ3) is 3.65. The van der Waals surface area contributed by atoms with Crippen LogP contribution in [0.1, 0.15) is 40.4 Å². The highest BCUT2D eigenvalue weighted by Crippen LogP contribution is 2.20. The maximum atomic E-state index is 4.77. The van der Waals surface area contributed by atoms with Crippen LogP contribution in [0.15, 0.2) is 24.3 Å². The van der Waals surface area contributed by atoms with Crippen molar-refractivity contribution in [3.05, 3.63) is 30.1 Å². The van der Waals surface area contributed by atoms with Gasteiger partial charge in [-0.3, -0.25) is 0 Å². The molecule has 0 aliphatic rings. The number of fused-ring (bicyclic) bond motifs is 1. The smallest absolute Gasteiger partial charge is 0.123 e. The standard InChI is InChI=1S/C18H29N3/c1-6-21-17-10-8-7-9-16(17)20-18(21)12-19-11-15(13(2)3)14(4)5/h7-10,13-15,19H,6,11-12H2,1-5H3. The van der Waals surface area contributed by atoms with Crippen LogP contribution < -0.4 is 5.32 Å². The van der Waals surface area contributed by atoms with Crippen molar-refractivity contribution >= 4 is 11.0 Å². The minimum atomic E-state index is 0.711. The molecule has 3 heteroatoms. The Morgan fingerprint density at radius 2 is 1.76 bits per heavy atom. The van der Waals surface area contributed by atoms with Gasteiger partial charge in [0, 0.05) is 6.54 Å².